The molecule has 0 saturated carbocycles. The summed E-state index contributed by atoms with van der Waals surface area (Å²) >= 11 is 0. The molecule has 0 aliphatic carbocycles. The van der Waals surface area contributed by atoms with E-state index in [9.17, 15) is 9.59 Å². The van der Waals surface area contributed by atoms with Crippen molar-refractivity contribution in [3.63, 3.8) is 0 Å². The van der Waals surface area contributed by atoms with Crippen molar-refractivity contribution in [1.82, 2.24) is 0 Å². The maximum Gasteiger partial charge on any atom is 0.308 e. The molecule has 0 amide bonds. The molecule has 0 saturated heterocycles. The molecule has 0 aliphatic heterocycles. The van der Waals surface area contributed by atoms with E-state index in [-0.39, 0.29) is 25.0 Å². The second-order valence-electron chi connectivity index (χ2n) is 8.63. The van der Waals surface area contributed by atoms with Crippen LogP contribution in [0.4, 0.5) is 0 Å². The molecule has 0 unspecified atom stereocenters. The average Bonchev–Trinajstić information content (AvgIpc) is 3.01. The van der Waals surface area contributed by atoms with Gasteiger partial charge in [-0.05, 0) is 6.92 Å². The van der Waals surface area contributed by atoms with Gasteiger partial charge in [0.05, 0.1) is 158 Å². The van der Waals surface area contributed by atoms with Gasteiger partial charge in [-0.15, -0.1) is 0 Å². The molecule has 0 N–H and O–H groups in total. The van der Waals surface area contributed by atoms with Gasteiger partial charge in [-0.3, -0.25) is 9.59 Å². The molecular formula is C29H56O15. The van der Waals surface area contributed by atoms with Crippen molar-refractivity contribution in [2.24, 2.45) is 0 Å². The van der Waals surface area contributed by atoms with Gasteiger partial charge in [-0.2, -0.15) is 0 Å². The molecule has 0 radical (unpaired) electrons. The zero-order chi connectivity index (χ0) is 32.0. The highest BCUT2D eigenvalue weighted by atomic mass is 16.6. The van der Waals surface area contributed by atoms with E-state index in [1.54, 1.807) is 6.92 Å². The smallest absolute Gasteiger partial charge is 0.308 e. The molecule has 0 atom stereocenters. The Hall–Kier alpha value is -1.50. The zero-order valence-corrected chi connectivity index (χ0v) is 26.8. The van der Waals surface area contributed by atoms with Gasteiger partial charge >= 0.3 is 11.9 Å². The minimum Gasteiger partial charge on any atom is -0.466 e. The third-order valence-electron chi connectivity index (χ3n) is 5.01. The normalized spacial score (nSPS) is 11.2. The number of ether oxygens (including phenoxy) is 13. The molecule has 15 nitrogen and oxygen atoms in total. The van der Waals surface area contributed by atoms with Gasteiger partial charge in [-0.25, -0.2) is 0 Å². The standard InChI is InChI=1S/C29H56O15/c1-3-43-29(31)4-5-32-6-7-33-8-9-34-10-11-35-12-13-36-14-15-37-16-17-38-18-19-39-20-21-40-22-23-41-24-25-42-26-27-44-28(2)30/h3-27H2,1-2H3. The molecule has 0 rings (SSSR count). The van der Waals surface area contributed by atoms with Crippen molar-refractivity contribution in [3.8, 4) is 0 Å². The fourth-order valence-electron chi connectivity index (χ4n) is 2.93. The largest absolute Gasteiger partial charge is 0.466 e. The number of esters is 2. The van der Waals surface area contributed by atoms with Gasteiger partial charge in [0.25, 0.3) is 0 Å². The molecule has 0 bridgehead atoms. The first-order valence-electron chi connectivity index (χ1n) is 15.3. The second-order valence-corrected chi connectivity index (χ2v) is 8.63. The van der Waals surface area contributed by atoms with Crippen LogP contribution in [0.15, 0.2) is 0 Å². The third kappa shape index (κ3) is 38.5. The fraction of sp³-hybridized carbons (Fsp3) is 0.931. The van der Waals surface area contributed by atoms with Crippen LogP contribution in [0, 0.1) is 0 Å². The quantitative estimate of drug-likeness (QED) is 0.0687. The average molecular weight is 645 g/mol. The number of hydrogen-bond acceptors (Lipinski definition) is 15. The Morgan fingerprint density at radius 3 is 0.795 bits per heavy atom. The van der Waals surface area contributed by atoms with Gasteiger partial charge in [0.15, 0.2) is 0 Å². The molecule has 44 heavy (non-hydrogen) atoms. The summed E-state index contributed by atoms with van der Waals surface area (Å²) in [4.78, 5) is 21.7. The van der Waals surface area contributed by atoms with Crippen molar-refractivity contribution in [1.29, 1.82) is 0 Å². The molecule has 262 valence electrons. The first-order valence-corrected chi connectivity index (χ1v) is 15.3. The summed E-state index contributed by atoms with van der Waals surface area (Å²) in [7, 11) is 0. The highest BCUT2D eigenvalue weighted by molar-refractivity contribution is 5.69. The number of hydrogen-bond donors (Lipinski definition) is 0. The Morgan fingerprint density at radius 2 is 0.568 bits per heavy atom. The highest BCUT2D eigenvalue weighted by Crippen LogP contribution is 1.90. The second kappa shape index (κ2) is 37.7. The van der Waals surface area contributed by atoms with Crippen LogP contribution in [-0.2, 0) is 71.2 Å². The van der Waals surface area contributed by atoms with E-state index < -0.39 is 0 Å². The summed E-state index contributed by atoms with van der Waals surface area (Å²) in [5.74, 6) is -0.569. The first-order chi connectivity index (χ1) is 21.7. The van der Waals surface area contributed by atoms with Crippen LogP contribution in [0.2, 0.25) is 0 Å². The zero-order valence-electron chi connectivity index (χ0n) is 26.8. The van der Waals surface area contributed by atoms with Crippen LogP contribution >= 0.6 is 0 Å². The summed E-state index contributed by atoms with van der Waals surface area (Å²) in [5.41, 5.74) is 0. The Kier molecular flexibility index (Phi) is 36.4. The lowest BCUT2D eigenvalue weighted by atomic mass is 10.5. The van der Waals surface area contributed by atoms with Crippen molar-refractivity contribution >= 4 is 11.9 Å². The van der Waals surface area contributed by atoms with Gasteiger partial charge in [0, 0.05) is 6.92 Å². The molecule has 0 aromatic carbocycles. The molecular weight excluding hydrogens is 588 g/mol. The van der Waals surface area contributed by atoms with E-state index >= 15 is 0 Å². The van der Waals surface area contributed by atoms with Crippen LogP contribution in [0.5, 0.6) is 0 Å². The van der Waals surface area contributed by atoms with E-state index in [1.807, 2.05) is 0 Å². The fourth-order valence-corrected chi connectivity index (χ4v) is 2.93. The van der Waals surface area contributed by atoms with Crippen molar-refractivity contribution in [2.45, 2.75) is 20.3 Å². The van der Waals surface area contributed by atoms with Crippen LogP contribution in [-0.4, -0.2) is 171 Å². The van der Waals surface area contributed by atoms with Crippen molar-refractivity contribution < 1.29 is 71.2 Å². The Bertz CT molecular complexity index is 597. The van der Waals surface area contributed by atoms with Crippen LogP contribution in [0.25, 0.3) is 0 Å². The van der Waals surface area contributed by atoms with Gasteiger partial charge in [-0.1, -0.05) is 0 Å². The maximum atomic E-state index is 11.1. The van der Waals surface area contributed by atoms with E-state index in [0.29, 0.717) is 152 Å². The van der Waals surface area contributed by atoms with Crippen LogP contribution < -0.4 is 0 Å². The molecule has 0 heterocycles. The predicted octanol–water partition coefficient (Wildman–Crippen LogP) is 0.685. The maximum absolute atomic E-state index is 11.1. The minimum atomic E-state index is -0.314. The molecule has 0 aliphatic rings. The molecule has 0 aromatic rings. The van der Waals surface area contributed by atoms with Gasteiger partial charge in [0.2, 0.25) is 0 Å². The topological polar surface area (TPSA) is 154 Å². The van der Waals surface area contributed by atoms with Gasteiger partial charge < -0.3 is 61.6 Å². The van der Waals surface area contributed by atoms with Crippen LogP contribution in [0.3, 0.4) is 0 Å². The van der Waals surface area contributed by atoms with Crippen molar-refractivity contribution in [3.05, 3.63) is 0 Å². The van der Waals surface area contributed by atoms with E-state index in [1.165, 1.54) is 6.92 Å². The molecule has 0 aromatic heterocycles. The summed E-state index contributed by atoms with van der Waals surface area (Å²) in [5, 5.41) is 0. The third-order valence-corrected chi connectivity index (χ3v) is 5.01. The van der Waals surface area contributed by atoms with E-state index in [4.69, 9.17) is 61.6 Å². The highest BCUT2D eigenvalue weighted by Gasteiger charge is 2.01. The number of rotatable bonds is 37. The summed E-state index contributed by atoms with van der Waals surface area (Å²) in [6.07, 6.45) is 0.253. The monoisotopic (exact) mass is 644 g/mol. The number of carbonyl (C=O) groups is 2. The number of carbonyl (C=O) groups excluding carboxylic acids is 2. The lowest BCUT2D eigenvalue weighted by Crippen LogP contribution is -2.15. The van der Waals surface area contributed by atoms with Gasteiger partial charge in [0.1, 0.15) is 6.61 Å². The molecule has 0 fully saturated rings. The Labute approximate surface area is 262 Å². The van der Waals surface area contributed by atoms with E-state index in [2.05, 4.69) is 0 Å². The molecule has 0 spiro atoms. The van der Waals surface area contributed by atoms with Crippen molar-refractivity contribution in [2.75, 3.05) is 159 Å². The summed E-state index contributed by atoms with van der Waals surface area (Å²) in [6.45, 7) is 14.0. The lowest BCUT2D eigenvalue weighted by molar-refractivity contribution is -0.144. The minimum absolute atomic E-state index is 0.253. The molecule has 15 heteroatoms. The SMILES string of the molecule is CCOC(=O)CCOCCOCCOCCOCCOCCOCCOCCOCCOCCOCCOCCOC(C)=O. The Morgan fingerprint density at radius 1 is 0.341 bits per heavy atom. The summed E-state index contributed by atoms with van der Waals surface area (Å²) < 4.78 is 68.9. The summed E-state index contributed by atoms with van der Waals surface area (Å²) in [6, 6.07) is 0. The lowest BCUT2D eigenvalue weighted by Gasteiger charge is -2.09. The predicted molar refractivity (Wildman–Crippen MR) is 157 cm³/mol. The van der Waals surface area contributed by atoms with E-state index in [0.717, 1.165) is 0 Å². The first kappa shape index (κ1) is 42.5. The Balaban J connectivity index is 3.06. The van der Waals surface area contributed by atoms with Crippen LogP contribution in [0.1, 0.15) is 20.3 Å².